The molecule has 1 aliphatic rings. The molecule has 3 aromatic rings. The lowest BCUT2D eigenvalue weighted by atomic mass is 9.95. The van der Waals surface area contributed by atoms with Gasteiger partial charge in [0.15, 0.2) is 0 Å². The highest BCUT2D eigenvalue weighted by Gasteiger charge is 2.28. The van der Waals surface area contributed by atoms with E-state index >= 15 is 0 Å². The van der Waals surface area contributed by atoms with Gasteiger partial charge in [-0.3, -0.25) is 9.10 Å². The van der Waals surface area contributed by atoms with Gasteiger partial charge in [0.1, 0.15) is 22.3 Å². The Balaban J connectivity index is 1.75. The van der Waals surface area contributed by atoms with E-state index in [2.05, 4.69) is 11.9 Å². The van der Waals surface area contributed by atoms with E-state index in [1.807, 2.05) is 0 Å². The SMILES string of the molecule is C=Cc1cc(-c2cc(C(=O)NC3CC3)cc(F)c2C)ccc1N(C)S(=O)(=O)c1cc(F)ccc1F. The molecular weight excluding hydrogens is 477 g/mol. The molecule has 0 bridgehead atoms. The highest BCUT2D eigenvalue weighted by Crippen LogP contribution is 2.34. The van der Waals surface area contributed by atoms with E-state index in [-0.39, 0.29) is 23.2 Å². The van der Waals surface area contributed by atoms with Gasteiger partial charge < -0.3 is 5.32 Å². The molecule has 1 aliphatic carbocycles. The van der Waals surface area contributed by atoms with Crippen LogP contribution < -0.4 is 9.62 Å². The zero-order valence-electron chi connectivity index (χ0n) is 19.1. The third kappa shape index (κ3) is 4.81. The summed E-state index contributed by atoms with van der Waals surface area (Å²) in [6.45, 7) is 5.31. The fourth-order valence-corrected chi connectivity index (χ4v) is 5.03. The summed E-state index contributed by atoms with van der Waals surface area (Å²) in [7, 11) is -3.22. The molecule has 4 rings (SSSR count). The molecule has 1 N–H and O–H groups in total. The molecule has 0 saturated heterocycles. The Bertz CT molecular complexity index is 1450. The third-order valence-electron chi connectivity index (χ3n) is 5.95. The normalized spacial score (nSPS) is 13.4. The lowest BCUT2D eigenvalue weighted by Crippen LogP contribution is -2.28. The summed E-state index contributed by atoms with van der Waals surface area (Å²) in [4.78, 5) is 11.7. The molecule has 1 fully saturated rings. The number of rotatable bonds is 7. The number of hydrogen-bond donors (Lipinski definition) is 1. The average molecular weight is 501 g/mol. The van der Waals surface area contributed by atoms with Crippen molar-refractivity contribution in [3.63, 3.8) is 0 Å². The summed E-state index contributed by atoms with van der Waals surface area (Å²) in [5, 5.41) is 2.83. The van der Waals surface area contributed by atoms with Crippen LogP contribution in [0.3, 0.4) is 0 Å². The van der Waals surface area contributed by atoms with Crippen molar-refractivity contribution in [3.8, 4) is 11.1 Å². The minimum atomic E-state index is -4.44. The summed E-state index contributed by atoms with van der Waals surface area (Å²) in [6.07, 6.45) is 3.20. The van der Waals surface area contributed by atoms with E-state index in [1.54, 1.807) is 25.1 Å². The molecule has 1 amide bonds. The summed E-state index contributed by atoms with van der Waals surface area (Å²) in [6, 6.07) is 9.72. The van der Waals surface area contributed by atoms with Gasteiger partial charge in [-0.05, 0) is 84.5 Å². The maximum Gasteiger partial charge on any atom is 0.267 e. The van der Waals surface area contributed by atoms with Crippen LogP contribution in [0.4, 0.5) is 18.9 Å². The zero-order valence-corrected chi connectivity index (χ0v) is 19.9. The van der Waals surface area contributed by atoms with Gasteiger partial charge in [-0.1, -0.05) is 18.7 Å². The van der Waals surface area contributed by atoms with Crippen LogP contribution in [0.15, 0.2) is 60.0 Å². The number of hydrogen-bond acceptors (Lipinski definition) is 3. The zero-order chi connectivity index (χ0) is 25.5. The molecule has 0 unspecified atom stereocenters. The van der Waals surface area contributed by atoms with E-state index in [0.717, 1.165) is 29.3 Å². The first kappa shape index (κ1) is 24.5. The Morgan fingerprint density at radius 3 is 2.43 bits per heavy atom. The van der Waals surface area contributed by atoms with Crippen LogP contribution in [0.1, 0.15) is 34.3 Å². The quantitative estimate of drug-likeness (QED) is 0.470. The Morgan fingerprint density at radius 2 is 1.77 bits per heavy atom. The minimum Gasteiger partial charge on any atom is -0.349 e. The van der Waals surface area contributed by atoms with Crippen LogP contribution in [0, 0.1) is 24.4 Å². The molecule has 3 aromatic carbocycles. The number of carbonyl (C=O) groups is 1. The summed E-state index contributed by atoms with van der Waals surface area (Å²) < 4.78 is 69.4. The van der Waals surface area contributed by atoms with Crippen molar-refractivity contribution in [2.75, 3.05) is 11.4 Å². The van der Waals surface area contributed by atoms with E-state index in [0.29, 0.717) is 28.3 Å². The molecule has 0 aromatic heterocycles. The predicted octanol–water partition coefficient (Wildman–Crippen LogP) is 5.44. The average Bonchev–Trinajstić information content (AvgIpc) is 3.65. The van der Waals surface area contributed by atoms with Gasteiger partial charge in [0.25, 0.3) is 15.9 Å². The molecule has 0 radical (unpaired) electrons. The molecule has 35 heavy (non-hydrogen) atoms. The fourth-order valence-electron chi connectivity index (χ4n) is 3.73. The monoisotopic (exact) mass is 500 g/mol. The van der Waals surface area contributed by atoms with Crippen LogP contribution in [0.2, 0.25) is 0 Å². The highest BCUT2D eigenvalue weighted by molar-refractivity contribution is 7.92. The second-order valence-electron chi connectivity index (χ2n) is 8.40. The Morgan fingerprint density at radius 1 is 1.06 bits per heavy atom. The van der Waals surface area contributed by atoms with Gasteiger partial charge in [0, 0.05) is 18.7 Å². The van der Waals surface area contributed by atoms with Crippen molar-refractivity contribution in [1.29, 1.82) is 0 Å². The lowest BCUT2D eigenvalue weighted by molar-refractivity contribution is 0.0950. The molecule has 0 heterocycles. The number of halogens is 3. The van der Waals surface area contributed by atoms with E-state index in [9.17, 15) is 26.4 Å². The van der Waals surface area contributed by atoms with Crippen LogP contribution in [-0.2, 0) is 10.0 Å². The number of sulfonamides is 1. The van der Waals surface area contributed by atoms with Gasteiger partial charge in [-0.15, -0.1) is 0 Å². The number of nitrogens with zero attached hydrogens (tertiary/aromatic N) is 1. The lowest BCUT2D eigenvalue weighted by Gasteiger charge is -2.22. The Labute approximate surface area is 201 Å². The van der Waals surface area contributed by atoms with Crippen molar-refractivity contribution in [3.05, 3.63) is 89.3 Å². The maximum absolute atomic E-state index is 14.7. The van der Waals surface area contributed by atoms with E-state index in [4.69, 9.17) is 0 Å². The second kappa shape index (κ2) is 9.22. The summed E-state index contributed by atoms with van der Waals surface area (Å²) in [5.74, 6) is -2.88. The van der Waals surface area contributed by atoms with Crippen molar-refractivity contribution >= 4 is 27.7 Å². The van der Waals surface area contributed by atoms with Crippen molar-refractivity contribution in [1.82, 2.24) is 5.32 Å². The second-order valence-corrected chi connectivity index (χ2v) is 10.3. The van der Waals surface area contributed by atoms with Crippen LogP contribution in [0.5, 0.6) is 0 Å². The van der Waals surface area contributed by atoms with Gasteiger partial charge in [0.05, 0.1) is 5.69 Å². The first-order valence-electron chi connectivity index (χ1n) is 10.8. The van der Waals surface area contributed by atoms with Gasteiger partial charge >= 0.3 is 0 Å². The van der Waals surface area contributed by atoms with Gasteiger partial charge in [0.2, 0.25) is 0 Å². The van der Waals surface area contributed by atoms with Crippen molar-refractivity contribution in [2.45, 2.75) is 30.7 Å². The Kier molecular flexibility index (Phi) is 6.46. The molecule has 9 heteroatoms. The molecule has 0 atom stereocenters. The standard InChI is InChI=1S/C26H23F3N2O3S/c1-4-16-11-17(21-12-18(13-23(29)15(21)2)26(32)30-20-7-8-20)5-10-24(16)31(3)35(33,34)25-14-19(27)6-9-22(25)28/h4-6,9-14,20H,1,7-8H2,2-3H3,(H,30,32). The number of nitrogens with one attached hydrogen (secondary N) is 1. The maximum atomic E-state index is 14.7. The van der Waals surface area contributed by atoms with Crippen LogP contribution in [0.25, 0.3) is 17.2 Å². The molecule has 0 spiro atoms. The van der Waals surface area contributed by atoms with Crippen LogP contribution >= 0.6 is 0 Å². The van der Waals surface area contributed by atoms with Crippen LogP contribution in [-0.4, -0.2) is 27.4 Å². The van der Waals surface area contributed by atoms with Gasteiger partial charge in [-0.25, -0.2) is 21.6 Å². The number of carbonyl (C=O) groups excluding carboxylic acids is 1. The van der Waals surface area contributed by atoms with E-state index < -0.39 is 32.4 Å². The Hall–Kier alpha value is -3.59. The largest absolute Gasteiger partial charge is 0.349 e. The minimum absolute atomic E-state index is 0.113. The van der Waals surface area contributed by atoms with Gasteiger partial charge in [-0.2, -0.15) is 0 Å². The number of anilines is 1. The van der Waals surface area contributed by atoms with E-state index in [1.165, 1.54) is 25.3 Å². The third-order valence-corrected chi connectivity index (χ3v) is 7.73. The number of amides is 1. The number of benzene rings is 3. The molecule has 182 valence electrons. The highest BCUT2D eigenvalue weighted by atomic mass is 32.2. The first-order valence-corrected chi connectivity index (χ1v) is 12.3. The smallest absolute Gasteiger partial charge is 0.267 e. The first-order chi connectivity index (χ1) is 16.5. The van der Waals surface area contributed by atoms with Crippen molar-refractivity contribution < 1.29 is 26.4 Å². The van der Waals surface area contributed by atoms with Crippen molar-refractivity contribution in [2.24, 2.45) is 0 Å². The molecule has 5 nitrogen and oxygen atoms in total. The fraction of sp³-hybridized carbons (Fsp3) is 0.192. The topological polar surface area (TPSA) is 66.5 Å². The summed E-state index contributed by atoms with van der Waals surface area (Å²) >= 11 is 0. The predicted molar refractivity (Wildman–Crippen MR) is 129 cm³/mol. The molecular formula is C26H23F3N2O3S. The molecule has 1 saturated carbocycles. The molecule has 0 aliphatic heterocycles. The summed E-state index contributed by atoms with van der Waals surface area (Å²) in [5.41, 5.74) is 2.01.